The minimum Gasteiger partial charge on any atom is -0.384 e. The Morgan fingerprint density at radius 2 is 2.19 bits per heavy atom. The Morgan fingerprint density at radius 1 is 1.48 bits per heavy atom. The molecule has 8 heteroatoms. The zero-order valence-corrected chi connectivity index (χ0v) is 11.4. The predicted molar refractivity (Wildman–Crippen MR) is 70.8 cm³/mol. The number of aromatic amines is 1. The fourth-order valence-electron chi connectivity index (χ4n) is 1.85. The fraction of sp³-hybridized carbons (Fsp3) is 0.385. The molecule has 0 bridgehead atoms. The van der Waals surface area contributed by atoms with Gasteiger partial charge >= 0.3 is 6.18 Å². The summed E-state index contributed by atoms with van der Waals surface area (Å²) in [6, 6.07) is 3.19. The van der Waals surface area contributed by atoms with Crippen molar-refractivity contribution in [3.8, 4) is 0 Å². The molecule has 0 saturated heterocycles. The van der Waals surface area contributed by atoms with Gasteiger partial charge in [0.2, 0.25) is 5.91 Å². The molecule has 2 rings (SSSR count). The van der Waals surface area contributed by atoms with E-state index in [1.807, 2.05) is 0 Å². The van der Waals surface area contributed by atoms with Crippen LogP contribution in [0.3, 0.4) is 0 Å². The van der Waals surface area contributed by atoms with E-state index in [-0.39, 0.29) is 23.7 Å². The smallest absolute Gasteiger partial charge is 0.384 e. The summed E-state index contributed by atoms with van der Waals surface area (Å²) < 4.78 is 43.0. The number of halogens is 3. The van der Waals surface area contributed by atoms with Crippen LogP contribution in [0.2, 0.25) is 0 Å². The van der Waals surface area contributed by atoms with Gasteiger partial charge in [0.25, 0.3) is 0 Å². The molecule has 2 aromatic rings. The number of hydrogen-bond donors (Lipinski definition) is 2. The Morgan fingerprint density at radius 3 is 2.81 bits per heavy atom. The lowest BCUT2D eigenvalue weighted by Crippen LogP contribution is -2.24. The van der Waals surface area contributed by atoms with Crippen LogP contribution in [0.25, 0.3) is 10.9 Å². The van der Waals surface area contributed by atoms with Crippen LogP contribution in [0.15, 0.2) is 18.2 Å². The van der Waals surface area contributed by atoms with E-state index >= 15 is 0 Å². The van der Waals surface area contributed by atoms with Crippen LogP contribution in [0.4, 0.5) is 19.0 Å². The number of amides is 1. The molecule has 1 heterocycles. The van der Waals surface area contributed by atoms with Gasteiger partial charge < -0.3 is 10.1 Å². The summed E-state index contributed by atoms with van der Waals surface area (Å²) >= 11 is 0. The molecule has 21 heavy (non-hydrogen) atoms. The lowest BCUT2D eigenvalue weighted by Gasteiger charge is -2.10. The summed E-state index contributed by atoms with van der Waals surface area (Å²) in [6.45, 7) is 1.86. The highest BCUT2D eigenvalue weighted by molar-refractivity contribution is 6.00. The van der Waals surface area contributed by atoms with Crippen molar-refractivity contribution in [3.05, 3.63) is 23.8 Å². The van der Waals surface area contributed by atoms with Crippen molar-refractivity contribution in [1.29, 1.82) is 0 Å². The number of carbonyl (C=O) groups is 1. The second-order valence-corrected chi connectivity index (χ2v) is 4.68. The topological polar surface area (TPSA) is 67.0 Å². The summed E-state index contributed by atoms with van der Waals surface area (Å²) in [5.41, 5.74) is -0.380. The predicted octanol–water partition coefficient (Wildman–Crippen LogP) is 2.80. The largest absolute Gasteiger partial charge is 0.416 e. The first-order valence-corrected chi connectivity index (χ1v) is 6.18. The molecule has 0 aliphatic carbocycles. The summed E-state index contributed by atoms with van der Waals surface area (Å²) in [5.74, 6) is -0.737. The Bertz CT molecular complexity index is 652. The summed E-state index contributed by atoms with van der Waals surface area (Å²) in [4.78, 5) is 11.9. The lowest BCUT2D eigenvalue weighted by molar-refractivity contribution is -0.137. The van der Waals surface area contributed by atoms with Crippen molar-refractivity contribution in [1.82, 2.24) is 10.2 Å². The average Bonchev–Trinajstić information content (AvgIpc) is 2.80. The van der Waals surface area contributed by atoms with Gasteiger partial charge in [-0.1, -0.05) is 6.92 Å². The first-order chi connectivity index (χ1) is 9.82. The van der Waals surface area contributed by atoms with E-state index in [9.17, 15) is 18.0 Å². The number of anilines is 1. The van der Waals surface area contributed by atoms with Crippen molar-refractivity contribution in [2.75, 3.05) is 19.0 Å². The van der Waals surface area contributed by atoms with Gasteiger partial charge in [0, 0.05) is 12.5 Å². The molecule has 1 amide bonds. The maximum atomic E-state index is 12.7. The van der Waals surface area contributed by atoms with Crippen molar-refractivity contribution < 1.29 is 22.7 Å². The van der Waals surface area contributed by atoms with Gasteiger partial charge in [0.05, 0.1) is 23.6 Å². The van der Waals surface area contributed by atoms with Crippen molar-refractivity contribution in [3.63, 3.8) is 0 Å². The van der Waals surface area contributed by atoms with Crippen LogP contribution in [0, 0.1) is 5.92 Å². The van der Waals surface area contributed by atoms with Crippen LogP contribution in [-0.4, -0.2) is 29.8 Å². The number of rotatable bonds is 4. The Balaban J connectivity index is 2.30. The van der Waals surface area contributed by atoms with Crippen LogP contribution in [-0.2, 0) is 15.7 Å². The molecule has 0 radical (unpaired) electrons. The molecular formula is C13H14F3N3O2. The number of aromatic nitrogens is 2. The van der Waals surface area contributed by atoms with E-state index in [1.165, 1.54) is 13.2 Å². The molecular weight excluding hydrogens is 287 g/mol. The molecule has 0 unspecified atom stereocenters. The highest BCUT2D eigenvalue weighted by Gasteiger charge is 2.31. The van der Waals surface area contributed by atoms with Gasteiger partial charge in [-0.3, -0.25) is 9.89 Å². The summed E-state index contributed by atoms with van der Waals surface area (Å²) in [7, 11) is 1.46. The maximum Gasteiger partial charge on any atom is 0.416 e. The molecule has 0 saturated carbocycles. The summed E-state index contributed by atoms with van der Waals surface area (Å²) in [6.07, 6.45) is -4.45. The van der Waals surface area contributed by atoms with E-state index < -0.39 is 17.7 Å². The average molecular weight is 301 g/mol. The van der Waals surface area contributed by atoms with Crippen molar-refractivity contribution in [2.24, 2.45) is 5.92 Å². The second kappa shape index (κ2) is 5.72. The first-order valence-electron chi connectivity index (χ1n) is 6.18. The number of hydrogen-bond acceptors (Lipinski definition) is 3. The third-order valence-corrected chi connectivity index (χ3v) is 3.00. The van der Waals surface area contributed by atoms with E-state index in [4.69, 9.17) is 4.74 Å². The van der Waals surface area contributed by atoms with Crippen molar-refractivity contribution >= 4 is 22.6 Å². The number of alkyl halides is 3. The normalized spacial score (nSPS) is 13.4. The Hall–Kier alpha value is -2.09. The van der Waals surface area contributed by atoms with Crippen LogP contribution < -0.4 is 5.32 Å². The molecule has 5 nitrogen and oxygen atoms in total. The number of nitrogens with zero attached hydrogens (tertiary/aromatic N) is 1. The van der Waals surface area contributed by atoms with Crippen molar-refractivity contribution in [2.45, 2.75) is 13.1 Å². The highest BCUT2D eigenvalue weighted by atomic mass is 19.4. The number of methoxy groups -OCH3 is 1. The molecule has 0 spiro atoms. The van der Waals surface area contributed by atoms with Gasteiger partial charge in [-0.25, -0.2) is 0 Å². The van der Waals surface area contributed by atoms with E-state index in [0.29, 0.717) is 5.52 Å². The molecule has 1 aromatic heterocycles. The SMILES string of the molecule is COC[C@H](C)C(=O)Nc1n[nH]c2ccc(C(F)(F)F)cc12. The monoisotopic (exact) mass is 301 g/mol. The fourth-order valence-corrected chi connectivity index (χ4v) is 1.85. The molecule has 0 aliphatic rings. The van der Waals surface area contributed by atoms with Crippen LogP contribution in [0.5, 0.6) is 0 Å². The molecule has 0 aliphatic heterocycles. The minimum absolute atomic E-state index is 0.0732. The van der Waals surface area contributed by atoms with Gasteiger partial charge in [0.1, 0.15) is 0 Å². The van der Waals surface area contributed by atoms with Gasteiger partial charge in [-0.2, -0.15) is 18.3 Å². The van der Waals surface area contributed by atoms with Gasteiger partial charge in [-0.15, -0.1) is 0 Å². The standard InChI is InChI=1S/C13H14F3N3O2/c1-7(6-21-2)12(20)17-11-9-5-8(13(14,15)16)3-4-10(9)18-19-11/h3-5,7H,6H2,1-2H3,(H2,17,18,19,20)/t7-/m0/s1. The zero-order valence-electron chi connectivity index (χ0n) is 11.4. The molecule has 0 fully saturated rings. The third-order valence-electron chi connectivity index (χ3n) is 3.00. The molecule has 2 N–H and O–H groups in total. The first kappa shape index (κ1) is 15.3. The maximum absolute atomic E-state index is 12.7. The van der Waals surface area contributed by atoms with Gasteiger partial charge in [-0.05, 0) is 18.2 Å². The highest BCUT2D eigenvalue weighted by Crippen LogP contribution is 2.32. The van der Waals surface area contributed by atoms with Crippen LogP contribution >= 0.6 is 0 Å². The lowest BCUT2D eigenvalue weighted by atomic mass is 10.1. The minimum atomic E-state index is -4.45. The third kappa shape index (κ3) is 3.33. The Kier molecular flexibility index (Phi) is 4.17. The zero-order chi connectivity index (χ0) is 15.6. The number of H-pyrrole nitrogens is 1. The van der Waals surface area contributed by atoms with E-state index in [1.54, 1.807) is 6.92 Å². The number of benzene rings is 1. The van der Waals surface area contributed by atoms with Gasteiger partial charge in [0.15, 0.2) is 5.82 Å². The number of fused-ring (bicyclic) bond motifs is 1. The molecule has 1 aromatic carbocycles. The molecule has 114 valence electrons. The Labute approximate surface area is 118 Å². The van der Waals surface area contributed by atoms with E-state index in [0.717, 1.165) is 12.1 Å². The molecule has 1 atom stereocenters. The number of ether oxygens (including phenoxy) is 1. The second-order valence-electron chi connectivity index (χ2n) is 4.68. The summed E-state index contributed by atoms with van der Waals surface area (Å²) in [5, 5.41) is 9.13. The number of nitrogens with one attached hydrogen (secondary N) is 2. The quantitative estimate of drug-likeness (QED) is 0.912. The van der Waals surface area contributed by atoms with E-state index in [2.05, 4.69) is 15.5 Å². The van der Waals surface area contributed by atoms with Crippen LogP contribution in [0.1, 0.15) is 12.5 Å². The number of carbonyl (C=O) groups excluding carboxylic acids is 1.